The van der Waals surface area contributed by atoms with E-state index < -0.39 is 17.6 Å². The van der Waals surface area contributed by atoms with Crippen LogP contribution in [0.3, 0.4) is 0 Å². The van der Waals surface area contributed by atoms with Gasteiger partial charge in [0.25, 0.3) is 5.56 Å². The molecule has 0 aliphatic heterocycles. The van der Waals surface area contributed by atoms with Crippen molar-refractivity contribution >= 4 is 40.7 Å². The third-order valence-electron chi connectivity index (χ3n) is 6.54. The molecule has 0 fully saturated rings. The molecule has 1 N–H and O–H groups in total. The summed E-state index contributed by atoms with van der Waals surface area (Å²) in [4.78, 5) is 50.8. The van der Waals surface area contributed by atoms with Gasteiger partial charge in [-0.2, -0.15) is 0 Å². The molecule has 9 heteroatoms. The Bertz CT molecular complexity index is 1640. The SMILES string of the molecule is COc1cn(C(Cc2ccc(Cl)cc2)C(=O)Cc2ccc(C(=O)O)cc2)c(=O)cc1-c1cc(Cl)ccc1C(C)=O. The van der Waals surface area contributed by atoms with Crippen LogP contribution < -0.4 is 10.3 Å². The fourth-order valence-corrected chi connectivity index (χ4v) is 4.78. The molecule has 1 atom stereocenters. The van der Waals surface area contributed by atoms with Gasteiger partial charge in [0.15, 0.2) is 11.6 Å². The van der Waals surface area contributed by atoms with Gasteiger partial charge in [-0.05, 0) is 66.1 Å². The van der Waals surface area contributed by atoms with Gasteiger partial charge in [-0.25, -0.2) is 4.79 Å². The molecule has 3 aromatic carbocycles. The Labute approximate surface area is 240 Å². The Morgan fingerprint density at radius 2 is 1.50 bits per heavy atom. The second-order valence-electron chi connectivity index (χ2n) is 9.24. The summed E-state index contributed by atoms with van der Waals surface area (Å²) in [6, 6.07) is 18.2. The molecule has 40 heavy (non-hydrogen) atoms. The first-order chi connectivity index (χ1) is 19.1. The predicted molar refractivity (Wildman–Crippen MR) is 154 cm³/mol. The van der Waals surface area contributed by atoms with Crippen LogP contribution in [-0.4, -0.2) is 34.3 Å². The van der Waals surface area contributed by atoms with E-state index in [1.54, 1.807) is 54.6 Å². The van der Waals surface area contributed by atoms with E-state index in [1.165, 1.54) is 43.0 Å². The Kier molecular flexibility index (Phi) is 8.87. The first kappa shape index (κ1) is 28.8. The number of pyridine rings is 1. The van der Waals surface area contributed by atoms with Crippen molar-refractivity contribution < 1.29 is 24.2 Å². The highest BCUT2D eigenvalue weighted by molar-refractivity contribution is 6.31. The van der Waals surface area contributed by atoms with Crippen LogP contribution in [0.1, 0.15) is 44.8 Å². The van der Waals surface area contributed by atoms with Crippen molar-refractivity contribution in [3.8, 4) is 16.9 Å². The number of halogens is 2. The summed E-state index contributed by atoms with van der Waals surface area (Å²) in [5, 5.41) is 10.1. The van der Waals surface area contributed by atoms with E-state index in [2.05, 4.69) is 0 Å². The van der Waals surface area contributed by atoms with Crippen molar-refractivity contribution in [2.75, 3.05) is 7.11 Å². The van der Waals surface area contributed by atoms with Crippen LogP contribution in [0.25, 0.3) is 11.1 Å². The molecule has 0 saturated carbocycles. The molecule has 1 aromatic heterocycles. The predicted octanol–water partition coefficient (Wildman–Crippen LogP) is 6.33. The molecule has 0 aliphatic carbocycles. The molecule has 1 unspecified atom stereocenters. The summed E-state index contributed by atoms with van der Waals surface area (Å²) in [5.74, 6) is -1.25. The number of ether oxygens (including phenoxy) is 1. The number of carbonyl (C=O) groups excluding carboxylic acids is 2. The number of carboxylic acid groups (broad SMARTS) is 1. The first-order valence-electron chi connectivity index (χ1n) is 12.3. The van der Waals surface area contributed by atoms with Crippen molar-refractivity contribution in [3.05, 3.63) is 122 Å². The van der Waals surface area contributed by atoms with Gasteiger partial charge < -0.3 is 14.4 Å². The quantitative estimate of drug-likeness (QED) is 0.221. The molecule has 0 radical (unpaired) electrons. The standard InChI is InChI=1S/C31H25Cl2NO6/c1-18(35)24-12-11-23(33)15-25(24)26-16-30(37)34(17-29(26)40-2)27(13-19-5-9-22(32)10-6-19)28(36)14-20-3-7-21(8-4-20)31(38)39/h3-12,15-17,27H,13-14H2,1-2H3,(H,38,39). The molecular formula is C31H25Cl2NO6. The molecule has 0 spiro atoms. The van der Waals surface area contributed by atoms with Crippen LogP contribution in [0.15, 0.2) is 83.8 Å². The number of benzene rings is 3. The van der Waals surface area contributed by atoms with Gasteiger partial charge in [0, 0.05) is 40.1 Å². The van der Waals surface area contributed by atoms with Gasteiger partial charge in [-0.15, -0.1) is 0 Å². The minimum atomic E-state index is -1.06. The van der Waals surface area contributed by atoms with E-state index in [4.69, 9.17) is 27.9 Å². The van der Waals surface area contributed by atoms with Gasteiger partial charge in [-0.3, -0.25) is 14.4 Å². The Hall–Kier alpha value is -4.20. The molecule has 0 saturated heterocycles. The summed E-state index contributed by atoms with van der Waals surface area (Å²) in [5.41, 5.74) is 2.22. The summed E-state index contributed by atoms with van der Waals surface area (Å²) in [6.45, 7) is 1.42. The summed E-state index contributed by atoms with van der Waals surface area (Å²) in [6.07, 6.45) is 1.63. The number of carbonyl (C=O) groups is 3. The number of nitrogens with zero attached hydrogens (tertiary/aromatic N) is 1. The number of carboxylic acids is 1. The first-order valence-corrected chi connectivity index (χ1v) is 13.0. The topological polar surface area (TPSA) is 103 Å². The molecule has 4 rings (SSSR count). The van der Waals surface area contributed by atoms with Crippen LogP contribution in [0, 0.1) is 0 Å². The van der Waals surface area contributed by atoms with Crippen molar-refractivity contribution in [3.63, 3.8) is 0 Å². The van der Waals surface area contributed by atoms with Crippen molar-refractivity contribution in [2.45, 2.75) is 25.8 Å². The van der Waals surface area contributed by atoms with Gasteiger partial charge in [0.1, 0.15) is 5.75 Å². The highest BCUT2D eigenvalue weighted by atomic mass is 35.5. The van der Waals surface area contributed by atoms with Gasteiger partial charge >= 0.3 is 5.97 Å². The lowest BCUT2D eigenvalue weighted by atomic mass is 9.95. The molecule has 0 aliphatic rings. The Morgan fingerprint density at radius 1 is 0.875 bits per heavy atom. The lowest BCUT2D eigenvalue weighted by Gasteiger charge is -2.22. The molecular weight excluding hydrogens is 553 g/mol. The number of aromatic carboxylic acids is 1. The average Bonchev–Trinajstić information content (AvgIpc) is 2.92. The van der Waals surface area contributed by atoms with E-state index in [1.807, 2.05) is 0 Å². The van der Waals surface area contributed by atoms with Gasteiger partial charge in [-0.1, -0.05) is 47.5 Å². The van der Waals surface area contributed by atoms with E-state index in [9.17, 15) is 24.3 Å². The summed E-state index contributed by atoms with van der Waals surface area (Å²) in [7, 11) is 1.44. The van der Waals surface area contributed by atoms with Crippen molar-refractivity contribution in [2.24, 2.45) is 0 Å². The monoisotopic (exact) mass is 577 g/mol. The van der Waals surface area contributed by atoms with E-state index in [0.717, 1.165) is 5.56 Å². The Balaban J connectivity index is 1.80. The van der Waals surface area contributed by atoms with Crippen LogP contribution >= 0.6 is 23.2 Å². The zero-order chi connectivity index (χ0) is 29.0. The summed E-state index contributed by atoms with van der Waals surface area (Å²) < 4.78 is 6.94. The van der Waals surface area contributed by atoms with Crippen molar-refractivity contribution in [1.82, 2.24) is 4.57 Å². The van der Waals surface area contributed by atoms with Crippen LogP contribution in [0.2, 0.25) is 10.0 Å². The number of Topliss-reactive ketones (excluding diaryl/α,β-unsaturated/α-hetero) is 2. The molecule has 0 bridgehead atoms. The lowest BCUT2D eigenvalue weighted by Crippen LogP contribution is -2.32. The Morgan fingerprint density at radius 3 is 2.10 bits per heavy atom. The zero-order valence-corrected chi connectivity index (χ0v) is 23.2. The highest BCUT2D eigenvalue weighted by Crippen LogP contribution is 2.34. The third-order valence-corrected chi connectivity index (χ3v) is 7.03. The maximum atomic E-state index is 13.7. The second kappa shape index (κ2) is 12.3. The molecule has 0 amide bonds. The van der Waals surface area contributed by atoms with E-state index in [0.29, 0.717) is 32.3 Å². The van der Waals surface area contributed by atoms with Crippen LogP contribution in [0.5, 0.6) is 5.75 Å². The number of ketones is 2. The molecule has 4 aromatic rings. The fraction of sp³-hybridized carbons (Fsp3) is 0.161. The highest BCUT2D eigenvalue weighted by Gasteiger charge is 2.25. The number of aromatic nitrogens is 1. The number of hydrogen-bond donors (Lipinski definition) is 1. The lowest BCUT2D eigenvalue weighted by molar-refractivity contribution is -0.121. The number of methoxy groups -OCH3 is 1. The molecule has 1 heterocycles. The third kappa shape index (κ3) is 6.50. The fourth-order valence-electron chi connectivity index (χ4n) is 4.49. The van der Waals surface area contributed by atoms with Gasteiger partial charge in [0.05, 0.1) is 24.9 Å². The number of hydrogen-bond acceptors (Lipinski definition) is 5. The average molecular weight is 578 g/mol. The molecule has 7 nitrogen and oxygen atoms in total. The van der Waals surface area contributed by atoms with E-state index >= 15 is 0 Å². The normalized spacial score (nSPS) is 11.6. The second-order valence-corrected chi connectivity index (χ2v) is 10.1. The van der Waals surface area contributed by atoms with Crippen LogP contribution in [0.4, 0.5) is 0 Å². The summed E-state index contributed by atoms with van der Waals surface area (Å²) >= 11 is 12.3. The molecule has 204 valence electrons. The number of rotatable bonds is 10. The van der Waals surface area contributed by atoms with E-state index in [-0.39, 0.29) is 35.7 Å². The minimum Gasteiger partial charge on any atom is -0.495 e. The van der Waals surface area contributed by atoms with Crippen LogP contribution in [-0.2, 0) is 17.6 Å². The zero-order valence-electron chi connectivity index (χ0n) is 21.7. The van der Waals surface area contributed by atoms with Gasteiger partial charge in [0.2, 0.25) is 0 Å². The largest absolute Gasteiger partial charge is 0.495 e. The minimum absolute atomic E-state index is 0.0303. The smallest absolute Gasteiger partial charge is 0.335 e. The van der Waals surface area contributed by atoms with Crippen molar-refractivity contribution in [1.29, 1.82) is 0 Å². The maximum absolute atomic E-state index is 13.7. The maximum Gasteiger partial charge on any atom is 0.335 e.